The number of carbonyl (C=O) groups excluding carboxylic acids is 2. The maximum atomic E-state index is 11.8. The fourth-order valence-corrected chi connectivity index (χ4v) is 2.17. The van der Waals surface area contributed by atoms with E-state index < -0.39 is 0 Å². The molecule has 1 aromatic carbocycles. The van der Waals surface area contributed by atoms with E-state index in [0.29, 0.717) is 17.8 Å². The second-order valence-corrected chi connectivity index (χ2v) is 5.27. The van der Waals surface area contributed by atoms with Crippen molar-refractivity contribution in [3.8, 4) is 0 Å². The first kappa shape index (κ1) is 16.2. The average Bonchev–Trinajstić information content (AvgIpc) is 3.05. The molecule has 118 valence electrons. The zero-order chi connectivity index (χ0) is 15.8. The third-order valence-electron chi connectivity index (χ3n) is 3.35. The zero-order valence-electron chi connectivity index (χ0n) is 12.7. The van der Waals surface area contributed by atoms with Gasteiger partial charge in [-0.1, -0.05) is 18.2 Å². The highest BCUT2D eigenvalue weighted by Gasteiger charge is 2.16. The van der Waals surface area contributed by atoms with Crippen LogP contribution in [0.1, 0.15) is 36.5 Å². The summed E-state index contributed by atoms with van der Waals surface area (Å²) in [5, 5.41) is 6.76. The van der Waals surface area contributed by atoms with E-state index in [1.165, 1.54) is 0 Å². The summed E-state index contributed by atoms with van der Waals surface area (Å²) in [5.41, 5.74) is 3.53. The molecule has 1 saturated heterocycles. The van der Waals surface area contributed by atoms with E-state index >= 15 is 0 Å². The summed E-state index contributed by atoms with van der Waals surface area (Å²) in [4.78, 5) is 23.6. The molecule has 22 heavy (non-hydrogen) atoms. The number of rotatable bonds is 6. The van der Waals surface area contributed by atoms with E-state index in [-0.39, 0.29) is 24.3 Å². The first-order valence-corrected chi connectivity index (χ1v) is 7.42. The smallest absolute Gasteiger partial charge is 0.271 e. The lowest BCUT2D eigenvalue weighted by atomic mass is 10.2. The molecule has 0 aliphatic carbocycles. The summed E-state index contributed by atoms with van der Waals surface area (Å²) < 4.78 is 5.43. The lowest BCUT2D eigenvalue weighted by Gasteiger charge is -2.10. The summed E-state index contributed by atoms with van der Waals surface area (Å²) in [5.74, 6) is -0.412. The largest absolute Gasteiger partial charge is 0.376 e. The number of amides is 2. The zero-order valence-corrected chi connectivity index (χ0v) is 12.7. The number of carbonyl (C=O) groups is 2. The van der Waals surface area contributed by atoms with Gasteiger partial charge in [-0.25, -0.2) is 5.43 Å². The van der Waals surface area contributed by atoms with Crippen LogP contribution in [0.3, 0.4) is 0 Å². The summed E-state index contributed by atoms with van der Waals surface area (Å²) in [6, 6.07) is 8.81. The Morgan fingerprint density at radius 1 is 1.32 bits per heavy atom. The number of hydrazone groups is 1. The van der Waals surface area contributed by atoms with E-state index in [1.54, 1.807) is 31.2 Å². The molecule has 2 amide bonds. The molecule has 1 fully saturated rings. The second-order valence-electron chi connectivity index (χ2n) is 5.27. The van der Waals surface area contributed by atoms with Crippen molar-refractivity contribution in [3.63, 3.8) is 0 Å². The van der Waals surface area contributed by atoms with Gasteiger partial charge in [-0.05, 0) is 31.9 Å². The van der Waals surface area contributed by atoms with Crippen molar-refractivity contribution in [2.75, 3.05) is 13.2 Å². The van der Waals surface area contributed by atoms with Crippen LogP contribution in [0.4, 0.5) is 0 Å². The normalized spacial score (nSPS) is 18.0. The van der Waals surface area contributed by atoms with Crippen molar-refractivity contribution in [2.45, 2.75) is 32.3 Å². The lowest BCUT2D eigenvalue weighted by molar-refractivity contribution is -0.120. The first-order chi connectivity index (χ1) is 10.6. The van der Waals surface area contributed by atoms with Crippen LogP contribution in [0.5, 0.6) is 0 Å². The molecule has 1 aliphatic heterocycles. The number of hydrogen-bond donors (Lipinski definition) is 2. The number of benzene rings is 1. The van der Waals surface area contributed by atoms with Gasteiger partial charge in [-0.3, -0.25) is 9.59 Å². The quantitative estimate of drug-likeness (QED) is 0.617. The first-order valence-electron chi connectivity index (χ1n) is 7.42. The number of nitrogens with one attached hydrogen (secondary N) is 2. The fraction of sp³-hybridized carbons (Fsp3) is 0.438. The Bertz CT molecular complexity index is 537. The molecule has 1 heterocycles. The molecule has 0 aromatic heterocycles. The highest BCUT2D eigenvalue weighted by molar-refractivity contribution is 6.01. The predicted molar refractivity (Wildman–Crippen MR) is 83.6 cm³/mol. The minimum Gasteiger partial charge on any atom is -0.376 e. The van der Waals surface area contributed by atoms with E-state index in [2.05, 4.69) is 15.8 Å². The number of hydrogen-bond acceptors (Lipinski definition) is 4. The Morgan fingerprint density at radius 3 is 2.77 bits per heavy atom. The van der Waals surface area contributed by atoms with Gasteiger partial charge in [0.15, 0.2) is 0 Å². The molecule has 2 N–H and O–H groups in total. The van der Waals surface area contributed by atoms with Gasteiger partial charge in [0.25, 0.3) is 5.91 Å². The lowest BCUT2D eigenvalue weighted by Crippen LogP contribution is -2.33. The Kier molecular flexibility index (Phi) is 6.09. The molecule has 6 nitrogen and oxygen atoms in total. The van der Waals surface area contributed by atoms with E-state index in [0.717, 1.165) is 19.4 Å². The molecule has 2 rings (SSSR count). The van der Waals surface area contributed by atoms with Crippen LogP contribution in [0.2, 0.25) is 0 Å². The minimum atomic E-state index is -0.292. The maximum absolute atomic E-state index is 11.8. The van der Waals surface area contributed by atoms with Crippen molar-refractivity contribution in [1.29, 1.82) is 0 Å². The van der Waals surface area contributed by atoms with Gasteiger partial charge < -0.3 is 10.1 Å². The molecule has 6 heteroatoms. The number of ether oxygens (including phenoxy) is 1. The summed E-state index contributed by atoms with van der Waals surface area (Å²) in [6.07, 6.45) is 2.31. The standard InChI is InChI=1S/C16H21N3O3/c1-12(10-15(20)17-11-14-8-5-9-22-14)18-19-16(21)13-6-3-2-4-7-13/h2-4,6-7,14H,5,8-11H2,1H3,(H,17,20)(H,19,21)/b18-12+. The van der Waals surface area contributed by atoms with Crippen molar-refractivity contribution in [1.82, 2.24) is 10.7 Å². The van der Waals surface area contributed by atoms with Gasteiger partial charge in [0, 0.05) is 24.4 Å². The van der Waals surface area contributed by atoms with Crippen LogP contribution in [0.25, 0.3) is 0 Å². The summed E-state index contributed by atoms with van der Waals surface area (Å²) >= 11 is 0. The van der Waals surface area contributed by atoms with Gasteiger partial charge in [0.1, 0.15) is 0 Å². The molecular formula is C16H21N3O3. The molecule has 0 spiro atoms. The fourth-order valence-electron chi connectivity index (χ4n) is 2.17. The van der Waals surface area contributed by atoms with E-state index in [1.807, 2.05) is 6.07 Å². The van der Waals surface area contributed by atoms with E-state index in [9.17, 15) is 9.59 Å². The van der Waals surface area contributed by atoms with E-state index in [4.69, 9.17) is 4.74 Å². The second kappa shape index (κ2) is 8.29. The monoisotopic (exact) mass is 303 g/mol. The minimum absolute atomic E-state index is 0.120. The van der Waals surface area contributed by atoms with Crippen molar-refractivity contribution in [2.24, 2.45) is 5.10 Å². The highest BCUT2D eigenvalue weighted by Crippen LogP contribution is 2.10. The molecule has 0 radical (unpaired) electrons. The topological polar surface area (TPSA) is 79.8 Å². The van der Waals surface area contributed by atoms with Gasteiger partial charge in [-0.2, -0.15) is 5.10 Å². The van der Waals surface area contributed by atoms with Crippen molar-refractivity contribution >= 4 is 17.5 Å². The SMILES string of the molecule is C/C(CC(=O)NCC1CCCO1)=N\NC(=O)c1ccccc1. The maximum Gasteiger partial charge on any atom is 0.271 e. The Labute approximate surface area is 129 Å². The van der Waals surface area contributed by atoms with Gasteiger partial charge >= 0.3 is 0 Å². The van der Waals surface area contributed by atoms with Crippen LogP contribution >= 0.6 is 0 Å². The average molecular weight is 303 g/mol. The van der Waals surface area contributed by atoms with Crippen LogP contribution in [0, 0.1) is 0 Å². The highest BCUT2D eigenvalue weighted by atomic mass is 16.5. The Balaban J connectivity index is 1.72. The molecule has 1 unspecified atom stereocenters. The molecule has 1 aliphatic rings. The van der Waals surface area contributed by atoms with Crippen LogP contribution in [-0.4, -0.2) is 36.8 Å². The third-order valence-corrected chi connectivity index (χ3v) is 3.35. The summed E-state index contributed by atoms with van der Waals surface area (Å²) in [7, 11) is 0. The molecule has 0 bridgehead atoms. The predicted octanol–water partition coefficient (Wildman–Crippen LogP) is 1.48. The van der Waals surface area contributed by atoms with Gasteiger partial charge in [-0.15, -0.1) is 0 Å². The number of nitrogens with zero attached hydrogens (tertiary/aromatic N) is 1. The Morgan fingerprint density at radius 2 is 2.09 bits per heavy atom. The molecule has 1 atom stereocenters. The third kappa shape index (κ3) is 5.29. The molecule has 0 saturated carbocycles. The van der Waals surface area contributed by atoms with Crippen molar-refractivity contribution in [3.05, 3.63) is 35.9 Å². The van der Waals surface area contributed by atoms with Gasteiger partial charge in [0.2, 0.25) is 5.91 Å². The van der Waals surface area contributed by atoms with Crippen LogP contribution < -0.4 is 10.7 Å². The van der Waals surface area contributed by atoms with Gasteiger partial charge in [0.05, 0.1) is 12.5 Å². The van der Waals surface area contributed by atoms with Crippen molar-refractivity contribution < 1.29 is 14.3 Å². The van der Waals surface area contributed by atoms with Crippen LogP contribution in [-0.2, 0) is 9.53 Å². The summed E-state index contributed by atoms with van der Waals surface area (Å²) in [6.45, 7) is 3.01. The molecular weight excluding hydrogens is 282 g/mol. The Hall–Kier alpha value is -2.21. The molecule has 1 aromatic rings. The van der Waals surface area contributed by atoms with Crippen LogP contribution in [0.15, 0.2) is 35.4 Å².